The molecule has 1 aromatic heterocycles. The molecule has 0 radical (unpaired) electrons. The minimum Gasteiger partial charge on any atom is -0.342 e. The van der Waals surface area contributed by atoms with Gasteiger partial charge in [-0.3, -0.25) is 0 Å². The van der Waals surface area contributed by atoms with Crippen LogP contribution in [0.2, 0.25) is 0 Å². The SMILES string of the molecule is CC(=O)CCc1ncc(-c2ccccc2C)[nH]1. The molecule has 0 bridgehead atoms. The van der Waals surface area contributed by atoms with Crippen LogP contribution in [0.25, 0.3) is 11.3 Å². The van der Waals surface area contributed by atoms with E-state index in [1.807, 2.05) is 18.3 Å². The van der Waals surface area contributed by atoms with Crippen LogP contribution < -0.4 is 0 Å². The Morgan fingerprint density at radius 1 is 1.35 bits per heavy atom. The van der Waals surface area contributed by atoms with Crippen molar-refractivity contribution in [2.45, 2.75) is 26.7 Å². The predicted molar refractivity (Wildman–Crippen MR) is 67.8 cm³/mol. The smallest absolute Gasteiger partial charge is 0.130 e. The average Bonchev–Trinajstić information content (AvgIpc) is 2.75. The fraction of sp³-hybridized carbons (Fsp3) is 0.286. The maximum absolute atomic E-state index is 10.9. The van der Waals surface area contributed by atoms with E-state index in [0.717, 1.165) is 17.1 Å². The third-order valence-corrected chi connectivity index (χ3v) is 2.78. The van der Waals surface area contributed by atoms with Gasteiger partial charge in [0.05, 0.1) is 11.9 Å². The number of benzene rings is 1. The van der Waals surface area contributed by atoms with Crippen LogP contribution in [-0.4, -0.2) is 15.8 Å². The molecule has 3 nitrogen and oxygen atoms in total. The lowest BCUT2D eigenvalue weighted by molar-refractivity contribution is -0.117. The van der Waals surface area contributed by atoms with Crippen LogP contribution in [0.15, 0.2) is 30.5 Å². The van der Waals surface area contributed by atoms with Gasteiger partial charge in [-0.1, -0.05) is 24.3 Å². The van der Waals surface area contributed by atoms with E-state index in [4.69, 9.17) is 0 Å². The summed E-state index contributed by atoms with van der Waals surface area (Å²) in [5, 5.41) is 0. The molecule has 0 aliphatic rings. The first-order chi connectivity index (χ1) is 8.16. The van der Waals surface area contributed by atoms with Crippen LogP contribution in [0, 0.1) is 6.92 Å². The molecule has 0 amide bonds. The quantitative estimate of drug-likeness (QED) is 0.874. The maximum Gasteiger partial charge on any atom is 0.130 e. The zero-order valence-electron chi connectivity index (χ0n) is 10.2. The minimum atomic E-state index is 0.193. The number of imidazole rings is 1. The molecule has 0 saturated heterocycles. The number of nitrogens with zero attached hydrogens (tertiary/aromatic N) is 1. The molecular weight excluding hydrogens is 212 g/mol. The first kappa shape index (κ1) is 11.6. The summed E-state index contributed by atoms with van der Waals surface area (Å²) in [5.74, 6) is 1.07. The normalized spacial score (nSPS) is 10.5. The number of nitrogens with one attached hydrogen (secondary N) is 1. The second-order valence-electron chi connectivity index (χ2n) is 4.26. The van der Waals surface area contributed by atoms with E-state index in [2.05, 4.69) is 29.0 Å². The number of hydrogen-bond donors (Lipinski definition) is 1. The van der Waals surface area contributed by atoms with Crippen molar-refractivity contribution in [2.24, 2.45) is 0 Å². The lowest BCUT2D eigenvalue weighted by Crippen LogP contribution is -1.95. The van der Waals surface area contributed by atoms with E-state index in [9.17, 15) is 4.79 Å². The molecular formula is C14H16N2O. The number of Topliss-reactive ketones (excluding diaryl/α,β-unsaturated/α-hetero) is 1. The molecule has 2 rings (SSSR count). The van der Waals surface area contributed by atoms with Gasteiger partial charge >= 0.3 is 0 Å². The number of carbonyl (C=O) groups excluding carboxylic acids is 1. The molecule has 0 saturated carbocycles. The number of aromatic amines is 1. The summed E-state index contributed by atoms with van der Waals surface area (Å²) in [6.45, 7) is 3.68. The van der Waals surface area contributed by atoms with Gasteiger partial charge in [0, 0.05) is 18.4 Å². The van der Waals surface area contributed by atoms with Gasteiger partial charge in [-0.05, 0) is 19.4 Å². The highest BCUT2D eigenvalue weighted by Gasteiger charge is 2.05. The number of rotatable bonds is 4. The van der Waals surface area contributed by atoms with Gasteiger partial charge in [0.2, 0.25) is 0 Å². The largest absolute Gasteiger partial charge is 0.342 e. The Morgan fingerprint density at radius 2 is 2.12 bits per heavy atom. The van der Waals surface area contributed by atoms with Crippen molar-refractivity contribution >= 4 is 5.78 Å². The fourth-order valence-corrected chi connectivity index (χ4v) is 1.80. The van der Waals surface area contributed by atoms with Gasteiger partial charge < -0.3 is 9.78 Å². The number of ketones is 1. The third-order valence-electron chi connectivity index (χ3n) is 2.78. The first-order valence-corrected chi connectivity index (χ1v) is 5.76. The Bertz CT molecular complexity index is 529. The highest BCUT2D eigenvalue weighted by molar-refractivity contribution is 5.75. The molecule has 88 valence electrons. The van der Waals surface area contributed by atoms with E-state index in [-0.39, 0.29) is 5.78 Å². The Kier molecular flexibility index (Phi) is 3.38. The molecule has 0 spiro atoms. The fourth-order valence-electron chi connectivity index (χ4n) is 1.80. The van der Waals surface area contributed by atoms with Gasteiger partial charge in [-0.25, -0.2) is 4.98 Å². The van der Waals surface area contributed by atoms with Crippen LogP contribution in [0.1, 0.15) is 24.7 Å². The lowest BCUT2D eigenvalue weighted by Gasteiger charge is -2.01. The summed E-state index contributed by atoms with van der Waals surface area (Å²) < 4.78 is 0. The summed E-state index contributed by atoms with van der Waals surface area (Å²) >= 11 is 0. The molecule has 0 fully saturated rings. The van der Waals surface area contributed by atoms with E-state index < -0.39 is 0 Å². The van der Waals surface area contributed by atoms with Crippen molar-refractivity contribution in [2.75, 3.05) is 0 Å². The first-order valence-electron chi connectivity index (χ1n) is 5.76. The number of carbonyl (C=O) groups is 1. The minimum absolute atomic E-state index is 0.193. The van der Waals surface area contributed by atoms with E-state index in [1.54, 1.807) is 6.92 Å². The van der Waals surface area contributed by atoms with Crippen molar-refractivity contribution < 1.29 is 4.79 Å². The van der Waals surface area contributed by atoms with Gasteiger partial charge in [0.15, 0.2) is 0 Å². The molecule has 17 heavy (non-hydrogen) atoms. The second-order valence-corrected chi connectivity index (χ2v) is 4.26. The Morgan fingerprint density at radius 3 is 2.82 bits per heavy atom. The second kappa shape index (κ2) is 4.95. The lowest BCUT2D eigenvalue weighted by atomic mass is 10.1. The van der Waals surface area contributed by atoms with Gasteiger partial charge in [0.1, 0.15) is 11.6 Å². The van der Waals surface area contributed by atoms with Crippen molar-refractivity contribution in [3.05, 3.63) is 41.9 Å². The van der Waals surface area contributed by atoms with Crippen LogP contribution in [0.4, 0.5) is 0 Å². The third kappa shape index (κ3) is 2.81. The molecule has 0 aliphatic heterocycles. The molecule has 1 N–H and O–H groups in total. The standard InChI is InChI=1S/C14H16N2O/c1-10-5-3-4-6-12(10)13-9-15-14(16-13)8-7-11(2)17/h3-6,9H,7-8H2,1-2H3,(H,15,16). The zero-order valence-corrected chi connectivity index (χ0v) is 10.2. The monoisotopic (exact) mass is 228 g/mol. The zero-order chi connectivity index (χ0) is 12.3. The van der Waals surface area contributed by atoms with E-state index >= 15 is 0 Å². The summed E-state index contributed by atoms with van der Waals surface area (Å²) in [6.07, 6.45) is 3.06. The van der Waals surface area contributed by atoms with Crippen LogP contribution >= 0.6 is 0 Å². The summed E-state index contributed by atoms with van der Waals surface area (Å²) in [6, 6.07) is 8.17. The Labute approximate surface area is 101 Å². The number of aryl methyl sites for hydroxylation is 2. The summed E-state index contributed by atoms with van der Waals surface area (Å²) in [4.78, 5) is 18.5. The molecule has 0 atom stereocenters. The molecule has 3 heteroatoms. The molecule has 0 aliphatic carbocycles. The Hall–Kier alpha value is -1.90. The molecule has 2 aromatic rings. The van der Waals surface area contributed by atoms with Crippen LogP contribution in [0.3, 0.4) is 0 Å². The van der Waals surface area contributed by atoms with Crippen molar-refractivity contribution in [1.82, 2.24) is 9.97 Å². The Balaban J connectivity index is 2.18. The van der Waals surface area contributed by atoms with Gasteiger partial charge in [0.25, 0.3) is 0 Å². The predicted octanol–water partition coefficient (Wildman–Crippen LogP) is 2.91. The summed E-state index contributed by atoms with van der Waals surface area (Å²) in [5.41, 5.74) is 3.39. The van der Waals surface area contributed by atoms with Crippen molar-refractivity contribution in [3.63, 3.8) is 0 Å². The topological polar surface area (TPSA) is 45.8 Å². The number of hydrogen-bond acceptors (Lipinski definition) is 2. The number of H-pyrrole nitrogens is 1. The summed E-state index contributed by atoms with van der Waals surface area (Å²) in [7, 11) is 0. The molecule has 1 aromatic carbocycles. The number of aromatic nitrogens is 2. The van der Waals surface area contributed by atoms with Crippen molar-refractivity contribution in [1.29, 1.82) is 0 Å². The highest BCUT2D eigenvalue weighted by Crippen LogP contribution is 2.21. The van der Waals surface area contributed by atoms with E-state index in [1.165, 1.54) is 5.56 Å². The van der Waals surface area contributed by atoms with Crippen LogP contribution in [0.5, 0.6) is 0 Å². The average molecular weight is 228 g/mol. The molecule has 1 heterocycles. The highest BCUT2D eigenvalue weighted by atomic mass is 16.1. The van der Waals surface area contributed by atoms with Gasteiger partial charge in [-0.15, -0.1) is 0 Å². The van der Waals surface area contributed by atoms with Crippen LogP contribution in [-0.2, 0) is 11.2 Å². The van der Waals surface area contributed by atoms with Crippen molar-refractivity contribution in [3.8, 4) is 11.3 Å². The maximum atomic E-state index is 10.9. The molecule has 0 unspecified atom stereocenters. The van der Waals surface area contributed by atoms with Gasteiger partial charge in [-0.2, -0.15) is 0 Å². The van der Waals surface area contributed by atoms with E-state index in [0.29, 0.717) is 12.8 Å².